The van der Waals surface area contributed by atoms with E-state index < -0.39 is 6.29 Å². The molecule has 0 aromatic heterocycles. The molecule has 0 unspecified atom stereocenters. The van der Waals surface area contributed by atoms with Gasteiger partial charge in [-0.1, -0.05) is 24.3 Å². The van der Waals surface area contributed by atoms with Crippen LogP contribution >= 0.6 is 0 Å². The molecule has 2 radical (unpaired) electrons. The molecule has 7 nitrogen and oxygen atoms in total. The molecule has 0 aromatic rings. The zero-order valence-electron chi connectivity index (χ0n) is 14.7. The number of rotatable bonds is 5. The summed E-state index contributed by atoms with van der Waals surface area (Å²) in [5.74, 6) is -0.000363. The molecule has 27 heavy (non-hydrogen) atoms. The molecule has 0 atom stereocenters. The number of nitrogens with one attached hydrogen (secondary N) is 2. The van der Waals surface area contributed by atoms with E-state index in [9.17, 15) is 9.59 Å². The zero-order chi connectivity index (χ0) is 17.8. The van der Waals surface area contributed by atoms with Gasteiger partial charge in [-0.2, -0.15) is 0 Å². The Hall–Kier alpha value is -1.70. The molecule has 150 valence electrons. The van der Waals surface area contributed by atoms with Gasteiger partial charge in [0.15, 0.2) is 11.6 Å². The summed E-state index contributed by atoms with van der Waals surface area (Å²) in [5.41, 5.74) is 1.28. The van der Waals surface area contributed by atoms with Crippen LogP contribution in [0.2, 0.25) is 0 Å². The molecule has 2 rings (SSSR count). The largest absolute Gasteiger partial charge is 0.412 e. The van der Waals surface area contributed by atoms with Crippen molar-refractivity contribution < 1.29 is 59.4 Å². The van der Waals surface area contributed by atoms with Crippen LogP contribution in [0.5, 0.6) is 0 Å². The van der Waals surface area contributed by atoms with E-state index in [1.165, 1.54) is 19.1 Å². The summed E-state index contributed by atoms with van der Waals surface area (Å²) < 4.78 is 0. The molecule has 2 aliphatic carbocycles. The molecule has 0 heterocycles. The first-order valence-corrected chi connectivity index (χ1v) is 7.52. The predicted octanol–water partition coefficient (Wildman–Crippen LogP) is -0.189. The Balaban J connectivity index is -0.000000751. The van der Waals surface area contributed by atoms with Crippen molar-refractivity contribution in [3.05, 3.63) is 72.2 Å². The van der Waals surface area contributed by atoms with Crippen molar-refractivity contribution in [3.63, 3.8) is 0 Å². The van der Waals surface area contributed by atoms with Crippen molar-refractivity contribution in [3.8, 4) is 0 Å². The van der Waals surface area contributed by atoms with Crippen LogP contribution < -0.4 is 10.6 Å². The van der Waals surface area contributed by atoms with E-state index in [4.69, 9.17) is 10.2 Å². The average Bonchev–Trinajstić information content (AvgIpc) is 2.53. The third-order valence-corrected chi connectivity index (χ3v) is 2.77. The van der Waals surface area contributed by atoms with E-state index in [1.807, 2.05) is 12.2 Å². The van der Waals surface area contributed by atoms with Gasteiger partial charge in [0.2, 0.25) is 0 Å². The van der Waals surface area contributed by atoms with Crippen molar-refractivity contribution >= 4 is 11.6 Å². The normalized spacial score (nSPS) is 16.9. The van der Waals surface area contributed by atoms with Gasteiger partial charge in [0.1, 0.15) is 6.29 Å². The van der Waals surface area contributed by atoms with Gasteiger partial charge in [0, 0.05) is 70.8 Å². The monoisotopic (exact) mass is 458 g/mol. The van der Waals surface area contributed by atoms with Crippen LogP contribution in [-0.4, -0.2) is 46.6 Å². The third-order valence-electron chi connectivity index (χ3n) is 2.77. The number of hydrogen-bond acceptors (Lipinski definition) is 6. The second-order valence-electron chi connectivity index (χ2n) is 4.90. The molecule has 0 spiro atoms. The molecular formula is C18H24Mn2N2O5. The average molecular weight is 458 g/mol. The Morgan fingerprint density at radius 1 is 0.815 bits per heavy atom. The van der Waals surface area contributed by atoms with E-state index in [2.05, 4.69) is 10.6 Å². The van der Waals surface area contributed by atoms with Gasteiger partial charge >= 0.3 is 0 Å². The van der Waals surface area contributed by atoms with Gasteiger partial charge in [-0.05, 0) is 31.2 Å². The summed E-state index contributed by atoms with van der Waals surface area (Å²) in [6.07, 6.45) is 15.9. The van der Waals surface area contributed by atoms with Crippen molar-refractivity contribution in [1.29, 1.82) is 0 Å². The van der Waals surface area contributed by atoms with Gasteiger partial charge < -0.3 is 26.3 Å². The Morgan fingerprint density at radius 3 is 1.41 bits per heavy atom. The first kappa shape index (κ1) is 30.0. The maximum Gasteiger partial charge on any atom is 0.187 e. The summed E-state index contributed by atoms with van der Waals surface area (Å²) in [7, 11) is 0. The fourth-order valence-corrected chi connectivity index (χ4v) is 1.71. The number of aliphatic hydroxyl groups excluding tert-OH is 1. The number of carbonyl (C=O) groups excluding carboxylic acids is 2. The molecule has 0 aliphatic heterocycles. The summed E-state index contributed by atoms with van der Waals surface area (Å²) in [4.78, 5) is 22.9. The van der Waals surface area contributed by atoms with Crippen LogP contribution in [0.15, 0.2) is 72.2 Å². The molecule has 0 bridgehead atoms. The molecule has 0 saturated heterocycles. The molecule has 6 N–H and O–H groups in total. The van der Waals surface area contributed by atoms with Crippen molar-refractivity contribution in [2.24, 2.45) is 0 Å². The molecule has 0 aromatic carbocycles. The summed E-state index contributed by atoms with van der Waals surface area (Å²) >= 11 is 0. The van der Waals surface area contributed by atoms with Crippen LogP contribution in [-0.2, 0) is 43.7 Å². The maximum absolute atomic E-state index is 11.4. The van der Waals surface area contributed by atoms with Gasteiger partial charge in [0.25, 0.3) is 0 Å². The van der Waals surface area contributed by atoms with Crippen molar-refractivity contribution in [1.82, 2.24) is 10.6 Å². The van der Waals surface area contributed by atoms with E-state index in [0.29, 0.717) is 24.2 Å². The van der Waals surface area contributed by atoms with Crippen LogP contribution in [0.4, 0.5) is 0 Å². The predicted molar refractivity (Wildman–Crippen MR) is 96.3 cm³/mol. The molecule has 0 amide bonds. The summed E-state index contributed by atoms with van der Waals surface area (Å²) in [6, 6.07) is 0. The van der Waals surface area contributed by atoms with Crippen LogP contribution in [0.1, 0.15) is 6.92 Å². The summed E-state index contributed by atoms with van der Waals surface area (Å²) in [6.45, 7) is 2.59. The molecule has 9 heteroatoms. The van der Waals surface area contributed by atoms with Crippen LogP contribution in [0.3, 0.4) is 0 Å². The minimum Gasteiger partial charge on any atom is -0.412 e. The van der Waals surface area contributed by atoms with E-state index >= 15 is 0 Å². The first-order chi connectivity index (χ1) is 11.5. The maximum atomic E-state index is 11.4. The molecule has 0 fully saturated rings. The number of carbonyl (C=O) groups is 2. The number of ketones is 2. The quantitative estimate of drug-likeness (QED) is 0.196. The molecule has 2 aliphatic rings. The number of aliphatic hydroxyl groups is 2. The number of hydrogen-bond donors (Lipinski definition) is 4. The van der Waals surface area contributed by atoms with Crippen molar-refractivity contribution in [2.45, 2.75) is 13.2 Å². The number of allylic oxidation sites excluding steroid dienone is 10. The third kappa shape index (κ3) is 14.1. The Morgan fingerprint density at radius 2 is 1.11 bits per heavy atom. The van der Waals surface area contributed by atoms with Gasteiger partial charge in [0.05, 0.1) is 0 Å². The van der Waals surface area contributed by atoms with Gasteiger partial charge in [-0.15, -0.1) is 0 Å². The SMILES string of the molecule is CC(O)O.O.O=C1C=CC=CC1=CNCCNC=C1C=CC=CC1=O.[Mn].[Mn]. The Bertz CT molecular complexity index is 581. The first-order valence-electron chi connectivity index (χ1n) is 7.52. The summed E-state index contributed by atoms with van der Waals surface area (Å²) in [5, 5.41) is 21.3. The standard InChI is InChI=1S/C16H16N2O2.C2H6O2.2Mn.H2O/c19-15-7-3-1-5-13(15)11-17-9-10-18-12-14-6-2-4-8-16(14)20;1-2(3)4;;;/h1-8,11-12,17-18H,9-10H2;2-4H,1H3;;;1H2. The van der Waals surface area contributed by atoms with Crippen molar-refractivity contribution in [2.75, 3.05) is 13.1 Å². The second-order valence-corrected chi connectivity index (χ2v) is 4.90. The van der Waals surface area contributed by atoms with Crippen LogP contribution in [0, 0.1) is 0 Å². The van der Waals surface area contributed by atoms with Gasteiger partial charge in [-0.3, -0.25) is 9.59 Å². The van der Waals surface area contributed by atoms with E-state index in [-0.39, 0.29) is 51.2 Å². The smallest absolute Gasteiger partial charge is 0.187 e. The Kier molecular flexibility index (Phi) is 19.7. The van der Waals surface area contributed by atoms with Crippen LogP contribution in [0.25, 0.3) is 0 Å². The fraction of sp³-hybridized carbons (Fsp3) is 0.222. The van der Waals surface area contributed by atoms with E-state index in [0.717, 1.165) is 0 Å². The topological polar surface area (TPSA) is 130 Å². The Labute approximate surface area is 179 Å². The molecular weight excluding hydrogens is 434 g/mol. The zero-order valence-corrected chi connectivity index (χ0v) is 17.1. The molecule has 0 saturated carbocycles. The minimum absolute atomic E-state index is 0. The minimum atomic E-state index is -1.17. The van der Waals surface area contributed by atoms with E-state index in [1.54, 1.807) is 36.7 Å². The fourth-order valence-electron chi connectivity index (χ4n) is 1.71. The second kappa shape index (κ2) is 17.7. The van der Waals surface area contributed by atoms with Gasteiger partial charge in [-0.25, -0.2) is 0 Å².